The molecule has 0 amide bonds. The highest BCUT2D eigenvalue weighted by Crippen LogP contribution is 2.18. The zero-order chi connectivity index (χ0) is 9.80. The number of rotatable bonds is 3. The van der Waals surface area contributed by atoms with Gasteiger partial charge in [0.15, 0.2) is 0 Å². The molecule has 1 unspecified atom stereocenters. The van der Waals surface area contributed by atoms with Crippen LogP contribution in [0.4, 0.5) is 0 Å². The molecule has 1 aliphatic rings. The van der Waals surface area contributed by atoms with Crippen molar-refractivity contribution in [2.45, 2.75) is 25.6 Å². The van der Waals surface area contributed by atoms with Gasteiger partial charge in [-0.2, -0.15) is 0 Å². The topological polar surface area (TPSA) is 34.1 Å². The maximum Gasteiger partial charge on any atom is 0.0970 e. The lowest BCUT2D eigenvalue weighted by molar-refractivity contribution is 0.00602. The molecule has 1 aromatic rings. The number of hydrogen-bond donors (Lipinski definition) is 1. The molecule has 84 valence electrons. The second kappa shape index (κ2) is 6.05. The van der Waals surface area contributed by atoms with Crippen LogP contribution in [-0.4, -0.2) is 24.2 Å². The highest BCUT2D eigenvalue weighted by Gasteiger charge is 2.18. The minimum Gasteiger partial charge on any atom is -0.368 e. The molecule has 1 aromatic heterocycles. The number of halogens is 1. The first-order valence-corrected chi connectivity index (χ1v) is 5.13. The first-order valence-electron chi connectivity index (χ1n) is 5.13. The summed E-state index contributed by atoms with van der Waals surface area (Å²) in [5, 5.41) is 3.28. The van der Waals surface area contributed by atoms with Crippen LogP contribution in [0.15, 0.2) is 24.4 Å². The minimum atomic E-state index is 0. The predicted molar refractivity (Wildman–Crippen MR) is 62.3 cm³/mol. The third-order valence-electron chi connectivity index (χ3n) is 2.52. The molecule has 0 aromatic carbocycles. The number of nitrogens with zero attached hydrogens (tertiary/aromatic N) is 1. The summed E-state index contributed by atoms with van der Waals surface area (Å²) >= 11 is 0. The lowest BCUT2D eigenvalue weighted by Gasteiger charge is -2.17. The van der Waals surface area contributed by atoms with Crippen molar-refractivity contribution in [3.8, 4) is 0 Å². The minimum absolute atomic E-state index is 0. The van der Waals surface area contributed by atoms with Crippen LogP contribution in [0.3, 0.4) is 0 Å². The molecule has 0 saturated carbocycles. The maximum absolute atomic E-state index is 5.87. The van der Waals surface area contributed by atoms with Gasteiger partial charge in [-0.15, -0.1) is 12.4 Å². The van der Waals surface area contributed by atoms with E-state index < -0.39 is 0 Å². The summed E-state index contributed by atoms with van der Waals surface area (Å²) in [6.45, 7) is 4.09. The Balaban J connectivity index is 0.00000112. The average molecular weight is 229 g/mol. The average Bonchev–Trinajstić information content (AvgIpc) is 2.72. The molecule has 4 heteroatoms. The molecule has 1 aliphatic heterocycles. The van der Waals surface area contributed by atoms with Crippen molar-refractivity contribution in [1.29, 1.82) is 0 Å². The van der Waals surface area contributed by atoms with Crippen molar-refractivity contribution >= 4 is 12.4 Å². The van der Waals surface area contributed by atoms with Gasteiger partial charge in [0, 0.05) is 12.7 Å². The van der Waals surface area contributed by atoms with Crippen LogP contribution in [0.25, 0.3) is 0 Å². The van der Waals surface area contributed by atoms with E-state index in [1.165, 1.54) is 0 Å². The summed E-state index contributed by atoms with van der Waals surface area (Å²) in [6, 6.07) is 5.93. The van der Waals surface area contributed by atoms with E-state index >= 15 is 0 Å². The molecule has 2 rings (SSSR count). The number of pyridine rings is 1. The van der Waals surface area contributed by atoms with Gasteiger partial charge < -0.3 is 10.1 Å². The fourth-order valence-corrected chi connectivity index (χ4v) is 1.72. The van der Waals surface area contributed by atoms with Crippen LogP contribution in [0.1, 0.15) is 25.1 Å². The van der Waals surface area contributed by atoms with Gasteiger partial charge in [-0.1, -0.05) is 6.07 Å². The molecule has 1 saturated heterocycles. The number of hydrogen-bond acceptors (Lipinski definition) is 3. The standard InChI is InChI=1S/C11H16N2O.ClH/c1-9(11-4-2-3-6-13-11)14-10-5-7-12-8-10;/h2-4,6,9-10,12H,5,7-8H2,1H3;1H/t9?,10-;/m1./s1. The predicted octanol–water partition coefficient (Wildman–Crippen LogP) is 1.94. The van der Waals surface area contributed by atoms with Gasteiger partial charge in [0.1, 0.15) is 0 Å². The van der Waals surface area contributed by atoms with Crippen molar-refractivity contribution in [3.05, 3.63) is 30.1 Å². The summed E-state index contributed by atoms with van der Waals surface area (Å²) in [5.74, 6) is 0. The second-order valence-corrected chi connectivity index (χ2v) is 3.65. The molecular weight excluding hydrogens is 212 g/mol. The van der Waals surface area contributed by atoms with E-state index in [0.29, 0.717) is 6.10 Å². The summed E-state index contributed by atoms with van der Waals surface area (Å²) in [5.41, 5.74) is 1.01. The first kappa shape index (κ1) is 12.4. The van der Waals surface area contributed by atoms with Gasteiger partial charge in [0.2, 0.25) is 0 Å². The summed E-state index contributed by atoms with van der Waals surface area (Å²) in [6.07, 6.45) is 3.37. The molecule has 2 atom stereocenters. The number of nitrogens with one attached hydrogen (secondary N) is 1. The summed E-state index contributed by atoms with van der Waals surface area (Å²) in [7, 11) is 0. The van der Waals surface area contributed by atoms with Gasteiger partial charge in [-0.25, -0.2) is 0 Å². The van der Waals surface area contributed by atoms with Gasteiger partial charge >= 0.3 is 0 Å². The molecule has 1 N–H and O–H groups in total. The Morgan fingerprint density at radius 3 is 3.00 bits per heavy atom. The Hall–Kier alpha value is -0.640. The third kappa shape index (κ3) is 3.45. The van der Waals surface area contributed by atoms with E-state index in [0.717, 1.165) is 25.2 Å². The maximum atomic E-state index is 5.87. The second-order valence-electron chi connectivity index (χ2n) is 3.65. The van der Waals surface area contributed by atoms with E-state index in [4.69, 9.17) is 4.74 Å². The molecule has 0 spiro atoms. The van der Waals surface area contributed by atoms with Crippen LogP contribution in [0, 0.1) is 0 Å². The Labute approximate surface area is 96.7 Å². The molecule has 2 heterocycles. The normalized spacial score (nSPS) is 22.1. The molecule has 1 fully saturated rings. The Bertz CT molecular complexity index is 275. The van der Waals surface area contributed by atoms with Crippen LogP contribution in [-0.2, 0) is 4.74 Å². The fraction of sp³-hybridized carbons (Fsp3) is 0.545. The first-order chi connectivity index (χ1) is 6.86. The smallest absolute Gasteiger partial charge is 0.0970 e. The lowest BCUT2D eigenvalue weighted by atomic mass is 10.2. The number of aromatic nitrogens is 1. The molecule has 0 bridgehead atoms. The Morgan fingerprint density at radius 2 is 2.40 bits per heavy atom. The quantitative estimate of drug-likeness (QED) is 0.859. The highest BCUT2D eigenvalue weighted by molar-refractivity contribution is 5.85. The van der Waals surface area contributed by atoms with Crippen LogP contribution in [0.2, 0.25) is 0 Å². The zero-order valence-electron chi connectivity index (χ0n) is 8.85. The SMILES string of the molecule is CC(O[C@@H]1CCNC1)c1ccccn1.Cl. The van der Waals surface area contributed by atoms with E-state index in [1.54, 1.807) is 0 Å². The Morgan fingerprint density at radius 1 is 1.53 bits per heavy atom. The molecule has 0 radical (unpaired) electrons. The molecule has 15 heavy (non-hydrogen) atoms. The largest absolute Gasteiger partial charge is 0.368 e. The molecular formula is C11H17ClN2O. The van der Waals surface area contributed by atoms with Gasteiger partial charge in [0.05, 0.1) is 17.9 Å². The summed E-state index contributed by atoms with van der Waals surface area (Å²) in [4.78, 5) is 4.28. The van der Waals surface area contributed by atoms with Gasteiger partial charge in [0.25, 0.3) is 0 Å². The summed E-state index contributed by atoms with van der Waals surface area (Å²) < 4.78 is 5.87. The fourth-order valence-electron chi connectivity index (χ4n) is 1.72. The van der Waals surface area contributed by atoms with E-state index in [-0.39, 0.29) is 18.5 Å². The van der Waals surface area contributed by atoms with Crippen LogP contribution in [0.5, 0.6) is 0 Å². The number of ether oxygens (including phenoxy) is 1. The van der Waals surface area contributed by atoms with Crippen molar-refractivity contribution in [3.63, 3.8) is 0 Å². The van der Waals surface area contributed by atoms with Crippen molar-refractivity contribution in [1.82, 2.24) is 10.3 Å². The monoisotopic (exact) mass is 228 g/mol. The Kier molecular flexibility index (Phi) is 5.02. The van der Waals surface area contributed by atoms with Gasteiger partial charge in [-0.3, -0.25) is 4.98 Å². The highest BCUT2D eigenvalue weighted by atomic mass is 35.5. The van der Waals surface area contributed by atoms with Crippen molar-refractivity contribution in [2.24, 2.45) is 0 Å². The van der Waals surface area contributed by atoms with E-state index in [9.17, 15) is 0 Å². The van der Waals surface area contributed by atoms with Crippen LogP contribution >= 0.6 is 12.4 Å². The van der Waals surface area contributed by atoms with Crippen molar-refractivity contribution in [2.75, 3.05) is 13.1 Å². The van der Waals surface area contributed by atoms with E-state index in [1.807, 2.05) is 24.4 Å². The molecule has 3 nitrogen and oxygen atoms in total. The van der Waals surface area contributed by atoms with Crippen LogP contribution < -0.4 is 5.32 Å². The van der Waals surface area contributed by atoms with E-state index in [2.05, 4.69) is 17.2 Å². The van der Waals surface area contributed by atoms with Crippen molar-refractivity contribution < 1.29 is 4.74 Å². The lowest BCUT2D eigenvalue weighted by Crippen LogP contribution is -2.18. The molecule has 0 aliphatic carbocycles. The van der Waals surface area contributed by atoms with Gasteiger partial charge in [-0.05, 0) is 32.0 Å². The third-order valence-corrected chi connectivity index (χ3v) is 2.52. The zero-order valence-corrected chi connectivity index (χ0v) is 9.67.